The summed E-state index contributed by atoms with van der Waals surface area (Å²) in [7, 11) is 2.93. The molecule has 5 N–H and O–H groups in total. The zero-order valence-electron chi connectivity index (χ0n) is 33.9. The maximum absolute atomic E-state index is 15.8. The number of fused-ring (bicyclic) bond motifs is 7. The van der Waals surface area contributed by atoms with E-state index in [1.807, 2.05) is 18.2 Å². The molecule has 14 heteroatoms. The second-order valence-corrected chi connectivity index (χ2v) is 18.5. The summed E-state index contributed by atoms with van der Waals surface area (Å²) in [5.41, 5.74) is 1.19. The molecule has 318 valence electrons. The first-order valence-electron chi connectivity index (χ1n) is 21.2. The summed E-state index contributed by atoms with van der Waals surface area (Å²) in [5, 5.41) is 41.1. The largest absolute Gasteiger partial charge is 0.512 e. The fourth-order valence-corrected chi connectivity index (χ4v) is 13.0. The number of phenols is 2. The van der Waals surface area contributed by atoms with Crippen molar-refractivity contribution in [3.05, 3.63) is 112 Å². The van der Waals surface area contributed by atoms with Gasteiger partial charge in [-0.2, -0.15) is 0 Å². The number of amides is 2. The lowest BCUT2D eigenvalue weighted by atomic mass is 9.67. The van der Waals surface area contributed by atoms with E-state index in [-0.39, 0.29) is 52.7 Å². The number of aromatic hydroxyl groups is 2. The monoisotopic (exact) mass is 866 g/mol. The molecule has 9 unspecified atom stereocenters. The highest BCUT2D eigenvalue weighted by Crippen LogP contribution is 2.64. The number of alkyl halides is 1. The van der Waals surface area contributed by atoms with Crippen molar-refractivity contribution in [2.75, 3.05) is 32.6 Å². The van der Waals surface area contributed by atoms with Crippen LogP contribution < -0.4 is 20.1 Å². The van der Waals surface area contributed by atoms with Crippen molar-refractivity contribution in [3.8, 4) is 23.0 Å². The molecule has 0 radical (unpaired) electrons. The molecule has 7 aliphatic rings. The van der Waals surface area contributed by atoms with E-state index < -0.39 is 45.9 Å². The SMILES string of the molecule is COc1ccc(C2C3CCCCN3C3(C(=O)NC4=C3CC(Cl)C=C4)C2C(=O)C=C(O)C2C3CCCCN3C3(C(=O)Nc4ccc(Cl)cc43)C2c2ccc(O)c(OC)c2)cc1O. The van der Waals surface area contributed by atoms with Crippen molar-refractivity contribution < 1.29 is 39.2 Å². The van der Waals surface area contributed by atoms with E-state index in [1.54, 1.807) is 42.5 Å². The number of aliphatic hydroxyl groups excluding tert-OH is 1. The van der Waals surface area contributed by atoms with Crippen LogP contribution in [0.2, 0.25) is 5.02 Å². The van der Waals surface area contributed by atoms with Crippen LogP contribution in [0, 0.1) is 11.8 Å². The van der Waals surface area contributed by atoms with Crippen LogP contribution >= 0.6 is 23.2 Å². The minimum atomic E-state index is -1.43. The van der Waals surface area contributed by atoms with E-state index in [1.165, 1.54) is 26.4 Å². The molecule has 10 rings (SSSR count). The second kappa shape index (κ2) is 14.8. The summed E-state index contributed by atoms with van der Waals surface area (Å²) < 4.78 is 11.0. The van der Waals surface area contributed by atoms with Crippen LogP contribution in [0.5, 0.6) is 23.0 Å². The van der Waals surface area contributed by atoms with Gasteiger partial charge in [-0.05, 0) is 110 Å². The number of hydrogen-bond acceptors (Lipinski definition) is 10. The zero-order chi connectivity index (χ0) is 42.5. The molecule has 3 aromatic rings. The van der Waals surface area contributed by atoms with Gasteiger partial charge in [0.1, 0.15) is 16.8 Å². The molecule has 1 aliphatic carbocycles. The van der Waals surface area contributed by atoms with E-state index in [2.05, 4.69) is 20.4 Å². The molecule has 4 fully saturated rings. The average molecular weight is 868 g/mol. The molecule has 3 aromatic carbocycles. The first-order chi connectivity index (χ1) is 29.4. The molecule has 0 bridgehead atoms. The van der Waals surface area contributed by atoms with Crippen molar-refractivity contribution in [3.63, 3.8) is 0 Å². The van der Waals surface area contributed by atoms with Crippen molar-refractivity contribution >= 4 is 46.5 Å². The minimum Gasteiger partial charge on any atom is -0.512 e. The quantitative estimate of drug-likeness (QED) is 0.0938. The number of carbonyl (C=O) groups is 3. The van der Waals surface area contributed by atoms with Gasteiger partial charge in [0.05, 0.1) is 25.5 Å². The summed E-state index contributed by atoms with van der Waals surface area (Å²) in [6, 6.07) is 14.8. The Balaban J connectivity index is 1.18. The van der Waals surface area contributed by atoms with Gasteiger partial charge >= 0.3 is 0 Å². The van der Waals surface area contributed by atoms with Gasteiger partial charge in [0, 0.05) is 57.9 Å². The molecule has 0 saturated carbocycles. The number of phenolic OH excluding ortho intramolecular Hbond substituents is 2. The Labute approximate surface area is 363 Å². The number of nitrogens with one attached hydrogen (secondary N) is 2. The molecule has 6 heterocycles. The van der Waals surface area contributed by atoms with Gasteiger partial charge in [0.25, 0.3) is 0 Å². The number of allylic oxidation sites excluding steroid dienone is 3. The summed E-state index contributed by atoms with van der Waals surface area (Å²) in [6.07, 6.45) is 10.0. The topological polar surface area (TPSA) is 161 Å². The van der Waals surface area contributed by atoms with Gasteiger partial charge < -0.3 is 35.4 Å². The van der Waals surface area contributed by atoms with Gasteiger partial charge in [-0.15, -0.1) is 11.6 Å². The summed E-state index contributed by atoms with van der Waals surface area (Å²) in [5.74, 6) is -4.10. The van der Waals surface area contributed by atoms with Gasteiger partial charge in [-0.1, -0.05) is 42.7 Å². The summed E-state index contributed by atoms with van der Waals surface area (Å²) in [6.45, 7) is 1.11. The van der Waals surface area contributed by atoms with Crippen molar-refractivity contribution in [2.24, 2.45) is 11.8 Å². The number of rotatable bonds is 7. The Morgan fingerprint density at radius 2 is 1.54 bits per heavy atom. The number of anilines is 1. The maximum Gasteiger partial charge on any atom is 0.250 e. The third-order valence-corrected chi connectivity index (χ3v) is 15.3. The van der Waals surface area contributed by atoms with Crippen molar-refractivity contribution in [1.29, 1.82) is 0 Å². The molecular weight excluding hydrogens is 819 g/mol. The number of carbonyl (C=O) groups excluding carboxylic acids is 3. The van der Waals surface area contributed by atoms with Gasteiger partial charge in [0.2, 0.25) is 11.8 Å². The standard InChI is InChI=1S/C47H48Cl2N4O8/c1-60-38-16-10-24(19-35(38)55)40-32-7-3-5-17-52(32)47(29-22-27(49)12-14-31(29)51-45(47)59)43(40)37(57)23-36(56)41-33-8-4-6-18-53(33)46(28-21-26(48)11-13-30(28)50-44(46)58)42(41)25-9-15-34(54)39(20-25)61-2/h9-16,19-21,23,27,32-33,40-43,54-56H,3-8,17-18,22H2,1-2H3,(H,50,58)(H,51,59). The average Bonchev–Trinajstić information content (AvgIpc) is 3.93. The number of methoxy groups -OCH3 is 2. The number of ether oxygens (including phenoxy) is 2. The molecule has 12 nitrogen and oxygen atoms in total. The fraction of sp³-hybridized carbons (Fsp3) is 0.426. The predicted molar refractivity (Wildman–Crippen MR) is 229 cm³/mol. The lowest BCUT2D eigenvalue weighted by Crippen LogP contribution is -2.59. The Bertz CT molecular complexity index is 2470. The van der Waals surface area contributed by atoms with E-state index in [0.717, 1.165) is 31.3 Å². The predicted octanol–water partition coefficient (Wildman–Crippen LogP) is 7.15. The molecule has 6 aliphatic heterocycles. The van der Waals surface area contributed by atoms with Crippen LogP contribution in [0.15, 0.2) is 89.9 Å². The molecule has 61 heavy (non-hydrogen) atoms. The second-order valence-electron chi connectivity index (χ2n) is 17.5. The van der Waals surface area contributed by atoms with E-state index >= 15 is 4.79 Å². The first-order valence-corrected chi connectivity index (χ1v) is 22.0. The third-order valence-electron chi connectivity index (χ3n) is 14.8. The van der Waals surface area contributed by atoms with E-state index in [0.29, 0.717) is 65.4 Å². The van der Waals surface area contributed by atoms with Crippen molar-refractivity contribution in [2.45, 2.75) is 85.3 Å². The highest BCUT2D eigenvalue weighted by Gasteiger charge is 2.70. The van der Waals surface area contributed by atoms with Crippen LogP contribution in [-0.2, 0) is 19.9 Å². The Hall–Kier alpha value is -5.01. The number of aliphatic hydroxyl groups is 1. The van der Waals surface area contributed by atoms with Crippen LogP contribution in [0.1, 0.15) is 73.5 Å². The Kier molecular flexibility index (Phi) is 9.74. The maximum atomic E-state index is 15.8. The van der Waals surface area contributed by atoms with Gasteiger partial charge in [-0.3, -0.25) is 24.2 Å². The smallest absolute Gasteiger partial charge is 0.250 e. The molecule has 9 atom stereocenters. The van der Waals surface area contributed by atoms with Crippen LogP contribution in [-0.4, -0.2) is 93.0 Å². The van der Waals surface area contributed by atoms with Crippen LogP contribution in [0.4, 0.5) is 5.69 Å². The molecule has 4 saturated heterocycles. The fourth-order valence-electron chi connectivity index (χ4n) is 12.6. The van der Waals surface area contributed by atoms with E-state index in [9.17, 15) is 24.9 Å². The highest BCUT2D eigenvalue weighted by atomic mass is 35.5. The number of benzene rings is 3. The third kappa shape index (κ3) is 5.67. The van der Waals surface area contributed by atoms with Gasteiger partial charge in [0.15, 0.2) is 28.8 Å². The first kappa shape index (κ1) is 40.1. The number of halogens is 2. The highest BCUT2D eigenvalue weighted by molar-refractivity contribution is 6.31. The molecule has 0 aromatic heterocycles. The Morgan fingerprint density at radius 3 is 2.28 bits per heavy atom. The number of nitrogens with zero attached hydrogens (tertiary/aromatic N) is 2. The lowest BCUT2D eigenvalue weighted by Gasteiger charge is -2.42. The normalized spacial score (nSPS) is 33.0. The van der Waals surface area contributed by atoms with Crippen molar-refractivity contribution in [1.82, 2.24) is 15.1 Å². The Morgan fingerprint density at radius 1 is 0.836 bits per heavy atom. The summed E-state index contributed by atoms with van der Waals surface area (Å²) in [4.78, 5) is 50.0. The number of ketones is 1. The number of piperidine rings is 2. The lowest BCUT2D eigenvalue weighted by molar-refractivity contribution is -0.135. The van der Waals surface area contributed by atoms with Crippen LogP contribution in [0.3, 0.4) is 0 Å². The number of hydrogen-bond donors (Lipinski definition) is 5. The summed E-state index contributed by atoms with van der Waals surface area (Å²) >= 11 is 13.5. The molecular formula is C47H48Cl2N4O8. The molecule has 2 amide bonds. The minimum absolute atomic E-state index is 0.0823. The van der Waals surface area contributed by atoms with Gasteiger partial charge in [-0.25, -0.2) is 0 Å². The van der Waals surface area contributed by atoms with E-state index in [4.69, 9.17) is 32.7 Å². The molecule has 2 spiro atoms. The zero-order valence-corrected chi connectivity index (χ0v) is 35.4. The van der Waals surface area contributed by atoms with Crippen LogP contribution in [0.25, 0.3) is 0 Å².